The van der Waals surface area contributed by atoms with Crippen LogP contribution >= 0.6 is 11.6 Å². The summed E-state index contributed by atoms with van der Waals surface area (Å²) >= 11 is 6.15. The average molecular weight is 302 g/mol. The van der Waals surface area contributed by atoms with Gasteiger partial charge in [-0.3, -0.25) is 0 Å². The molecule has 0 aromatic heterocycles. The van der Waals surface area contributed by atoms with Crippen molar-refractivity contribution >= 4 is 11.6 Å². The second-order valence-corrected chi connectivity index (χ2v) is 6.12. The summed E-state index contributed by atoms with van der Waals surface area (Å²) in [6.07, 6.45) is 2.14. The highest BCUT2D eigenvalue weighted by atomic mass is 35.5. The number of aryl methyl sites for hydroxylation is 2. The molecule has 1 nitrogen and oxygen atoms in total. The predicted octanol–water partition coefficient (Wildman–Crippen LogP) is 5.24. The zero-order valence-corrected chi connectivity index (χ0v) is 13.9. The summed E-state index contributed by atoms with van der Waals surface area (Å²) in [6, 6.07) is 15.4. The Hall–Kier alpha value is -1.31. The number of halogens is 1. The fourth-order valence-corrected chi connectivity index (χ4v) is 2.70. The lowest BCUT2D eigenvalue weighted by atomic mass is 9.96. The minimum absolute atomic E-state index is 0.336. The zero-order valence-electron chi connectivity index (χ0n) is 13.1. The predicted molar refractivity (Wildman–Crippen MR) is 92.1 cm³/mol. The molecule has 0 heterocycles. The number of benzene rings is 2. The third-order valence-electron chi connectivity index (χ3n) is 3.75. The van der Waals surface area contributed by atoms with Gasteiger partial charge in [-0.05, 0) is 56.0 Å². The van der Waals surface area contributed by atoms with E-state index in [2.05, 4.69) is 62.5 Å². The van der Waals surface area contributed by atoms with Crippen LogP contribution < -0.4 is 5.32 Å². The normalized spacial score (nSPS) is 12.4. The van der Waals surface area contributed by atoms with Gasteiger partial charge in [-0.1, -0.05) is 60.5 Å². The molecule has 1 N–H and O–H groups in total. The molecule has 0 spiro atoms. The lowest BCUT2D eigenvalue weighted by Gasteiger charge is -2.20. The molecular weight excluding hydrogens is 278 g/mol. The molecule has 0 amide bonds. The van der Waals surface area contributed by atoms with E-state index in [1.54, 1.807) is 0 Å². The fraction of sp³-hybridized carbons (Fsp3) is 0.368. The Balaban J connectivity index is 2.22. The monoisotopic (exact) mass is 301 g/mol. The maximum atomic E-state index is 6.15. The maximum absolute atomic E-state index is 6.15. The van der Waals surface area contributed by atoms with Gasteiger partial charge in [-0.15, -0.1) is 0 Å². The highest BCUT2D eigenvalue weighted by molar-refractivity contribution is 6.31. The maximum Gasteiger partial charge on any atom is 0.0435 e. The van der Waals surface area contributed by atoms with Gasteiger partial charge in [-0.25, -0.2) is 0 Å². The van der Waals surface area contributed by atoms with E-state index in [-0.39, 0.29) is 0 Å². The third kappa shape index (κ3) is 4.59. The molecule has 112 valence electrons. The summed E-state index contributed by atoms with van der Waals surface area (Å²) in [6.45, 7) is 7.43. The van der Waals surface area contributed by atoms with Gasteiger partial charge in [0, 0.05) is 11.1 Å². The highest BCUT2D eigenvalue weighted by Gasteiger charge is 2.12. The third-order valence-corrected chi connectivity index (χ3v) is 4.17. The first-order valence-corrected chi connectivity index (χ1v) is 8.03. The van der Waals surface area contributed by atoms with Crippen LogP contribution in [0.4, 0.5) is 0 Å². The van der Waals surface area contributed by atoms with Crippen LogP contribution in [-0.2, 0) is 6.42 Å². The molecule has 1 atom stereocenters. The van der Waals surface area contributed by atoms with Gasteiger partial charge in [0.25, 0.3) is 0 Å². The average Bonchev–Trinajstić information content (AvgIpc) is 2.46. The van der Waals surface area contributed by atoms with Crippen molar-refractivity contribution in [3.05, 3.63) is 69.7 Å². The molecule has 0 fully saturated rings. The molecule has 0 saturated carbocycles. The van der Waals surface area contributed by atoms with Crippen molar-refractivity contribution in [3.63, 3.8) is 0 Å². The van der Waals surface area contributed by atoms with Crippen LogP contribution in [0.1, 0.15) is 41.6 Å². The molecule has 0 saturated heterocycles. The minimum atomic E-state index is 0.336. The Labute approximate surface area is 133 Å². The lowest BCUT2D eigenvalue weighted by Crippen LogP contribution is -2.24. The van der Waals surface area contributed by atoms with Crippen LogP contribution in [0.25, 0.3) is 0 Å². The van der Waals surface area contributed by atoms with Crippen molar-refractivity contribution < 1.29 is 0 Å². The summed E-state index contributed by atoms with van der Waals surface area (Å²) in [5.74, 6) is 0. The Kier molecular flexibility index (Phi) is 5.84. The van der Waals surface area contributed by atoms with Crippen molar-refractivity contribution in [2.75, 3.05) is 6.54 Å². The van der Waals surface area contributed by atoms with E-state index in [1.165, 1.54) is 16.7 Å². The summed E-state index contributed by atoms with van der Waals surface area (Å²) in [5, 5.41) is 4.49. The van der Waals surface area contributed by atoms with Crippen molar-refractivity contribution in [2.24, 2.45) is 0 Å². The van der Waals surface area contributed by atoms with Gasteiger partial charge in [0.2, 0.25) is 0 Å². The molecular formula is C19H24ClN. The minimum Gasteiger partial charge on any atom is -0.310 e. The Morgan fingerprint density at radius 1 is 1.10 bits per heavy atom. The molecule has 0 aliphatic rings. The van der Waals surface area contributed by atoms with Crippen LogP contribution in [0, 0.1) is 13.8 Å². The standard InChI is InChI=1S/C19H24ClN/c1-4-10-21-19(13-16-7-5-6-14(2)11-16)17-8-9-18(20)15(3)12-17/h5-9,11-12,19,21H,4,10,13H2,1-3H3. The second-order valence-electron chi connectivity index (χ2n) is 5.71. The molecule has 1 unspecified atom stereocenters. The van der Waals surface area contributed by atoms with E-state index >= 15 is 0 Å². The molecule has 2 heteroatoms. The molecule has 0 radical (unpaired) electrons. The number of hydrogen-bond donors (Lipinski definition) is 1. The number of nitrogens with one attached hydrogen (secondary N) is 1. The Morgan fingerprint density at radius 2 is 1.90 bits per heavy atom. The van der Waals surface area contributed by atoms with Crippen LogP contribution in [0.5, 0.6) is 0 Å². The smallest absolute Gasteiger partial charge is 0.0435 e. The molecule has 0 bridgehead atoms. The molecule has 0 aliphatic carbocycles. The van der Waals surface area contributed by atoms with E-state index in [4.69, 9.17) is 11.6 Å². The van der Waals surface area contributed by atoms with Crippen molar-refractivity contribution in [2.45, 2.75) is 39.7 Å². The Morgan fingerprint density at radius 3 is 2.57 bits per heavy atom. The van der Waals surface area contributed by atoms with Crippen LogP contribution in [0.2, 0.25) is 5.02 Å². The first kappa shape index (κ1) is 16.1. The lowest BCUT2D eigenvalue weighted by molar-refractivity contribution is 0.529. The van der Waals surface area contributed by atoms with E-state index in [0.717, 1.165) is 30.0 Å². The number of rotatable bonds is 6. The SMILES string of the molecule is CCCNC(Cc1cccc(C)c1)c1ccc(Cl)c(C)c1. The first-order valence-electron chi connectivity index (χ1n) is 7.65. The number of hydrogen-bond acceptors (Lipinski definition) is 1. The van der Waals surface area contributed by atoms with Crippen molar-refractivity contribution in [1.82, 2.24) is 5.32 Å². The second kappa shape index (κ2) is 7.63. The van der Waals surface area contributed by atoms with Crippen LogP contribution in [0.3, 0.4) is 0 Å². The molecule has 2 rings (SSSR count). The van der Waals surface area contributed by atoms with Crippen molar-refractivity contribution in [3.8, 4) is 0 Å². The van der Waals surface area contributed by atoms with E-state index in [9.17, 15) is 0 Å². The largest absolute Gasteiger partial charge is 0.310 e. The Bertz CT molecular complexity index is 592. The van der Waals surface area contributed by atoms with Gasteiger partial charge in [0.1, 0.15) is 0 Å². The van der Waals surface area contributed by atoms with Crippen LogP contribution in [0.15, 0.2) is 42.5 Å². The zero-order chi connectivity index (χ0) is 15.2. The van der Waals surface area contributed by atoms with Gasteiger partial charge in [-0.2, -0.15) is 0 Å². The van der Waals surface area contributed by atoms with Gasteiger partial charge >= 0.3 is 0 Å². The van der Waals surface area contributed by atoms with Gasteiger partial charge < -0.3 is 5.32 Å². The highest BCUT2D eigenvalue weighted by Crippen LogP contribution is 2.24. The molecule has 0 aliphatic heterocycles. The fourth-order valence-electron chi connectivity index (χ4n) is 2.59. The van der Waals surface area contributed by atoms with Gasteiger partial charge in [0.05, 0.1) is 0 Å². The van der Waals surface area contributed by atoms with Crippen molar-refractivity contribution in [1.29, 1.82) is 0 Å². The van der Waals surface area contributed by atoms with Crippen LogP contribution in [-0.4, -0.2) is 6.54 Å². The van der Waals surface area contributed by atoms with Gasteiger partial charge in [0.15, 0.2) is 0 Å². The first-order chi connectivity index (χ1) is 10.1. The summed E-state index contributed by atoms with van der Waals surface area (Å²) in [4.78, 5) is 0. The molecule has 2 aromatic carbocycles. The molecule has 21 heavy (non-hydrogen) atoms. The quantitative estimate of drug-likeness (QED) is 0.769. The van der Waals surface area contributed by atoms with E-state index < -0.39 is 0 Å². The van der Waals surface area contributed by atoms with E-state index in [1.807, 2.05) is 6.07 Å². The topological polar surface area (TPSA) is 12.0 Å². The summed E-state index contributed by atoms with van der Waals surface area (Å²) in [5.41, 5.74) is 5.14. The summed E-state index contributed by atoms with van der Waals surface area (Å²) < 4.78 is 0. The van der Waals surface area contributed by atoms with E-state index in [0.29, 0.717) is 6.04 Å². The summed E-state index contributed by atoms with van der Waals surface area (Å²) in [7, 11) is 0. The molecule has 2 aromatic rings.